The number of nitrogens with two attached hydrogens (primary N) is 1. The van der Waals surface area contributed by atoms with Crippen molar-refractivity contribution in [1.29, 1.82) is 0 Å². The van der Waals surface area contributed by atoms with Gasteiger partial charge in [0.2, 0.25) is 0 Å². The molecule has 0 unspecified atom stereocenters. The Morgan fingerprint density at radius 1 is 1.37 bits per heavy atom. The van der Waals surface area contributed by atoms with Crippen LogP contribution in [0.5, 0.6) is 5.75 Å². The van der Waals surface area contributed by atoms with E-state index < -0.39 is 11.5 Å². The minimum absolute atomic E-state index is 0.0301. The molecule has 1 aliphatic heterocycles. The van der Waals surface area contributed by atoms with E-state index in [9.17, 15) is 9.59 Å². The van der Waals surface area contributed by atoms with Crippen molar-refractivity contribution >= 4 is 17.3 Å². The average Bonchev–Trinajstić information content (AvgIpc) is 3.14. The summed E-state index contributed by atoms with van der Waals surface area (Å²) >= 11 is 0. The normalized spacial score (nSPS) is 16.6. The summed E-state index contributed by atoms with van der Waals surface area (Å²) in [5.41, 5.74) is 7.55. The van der Waals surface area contributed by atoms with Crippen LogP contribution in [0.15, 0.2) is 35.3 Å². The Labute approximate surface area is 173 Å². The average molecular weight is 411 g/mol. The number of carbonyl (C=O) groups excluding carboxylic acids is 1. The van der Waals surface area contributed by atoms with E-state index in [2.05, 4.69) is 9.88 Å². The predicted molar refractivity (Wildman–Crippen MR) is 113 cm³/mol. The van der Waals surface area contributed by atoms with E-state index in [1.54, 1.807) is 14.0 Å². The Hall–Kier alpha value is -3.33. The Kier molecular flexibility index (Phi) is 5.45. The summed E-state index contributed by atoms with van der Waals surface area (Å²) in [6.07, 6.45) is 3.37. The molecule has 158 valence electrons. The fraction of sp³-hybridized carbons (Fsp3) is 0.381. The van der Waals surface area contributed by atoms with Crippen molar-refractivity contribution in [3.63, 3.8) is 0 Å². The predicted octanol–water partition coefficient (Wildman–Crippen LogP) is 1.80. The lowest BCUT2D eigenvalue weighted by atomic mass is 10.0. The van der Waals surface area contributed by atoms with E-state index in [1.165, 1.54) is 10.7 Å². The quantitative estimate of drug-likeness (QED) is 0.615. The smallest absolute Gasteiger partial charge is 0.356 e. The van der Waals surface area contributed by atoms with Gasteiger partial charge in [0.15, 0.2) is 5.82 Å². The Balaban J connectivity index is 1.97. The molecule has 9 nitrogen and oxygen atoms in total. The van der Waals surface area contributed by atoms with Gasteiger partial charge in [-0.3, -0.25) is 4.79 Å². The third-order valence-electron chi connectivity index (χ3n) is 5.24. The number of H-pyrrole nitrogens is 1. The lowest BCUT2D eigenvalue weighted by molar-refractivity contribution is 0.0518. The van der Waals surface area contributed by atoms with Crippen molar-refractivity contribution in [2.24, 2.45) is 5.73 Å². The Morgan fingerprint density at radius 3 is 2.90 bits per heavy atom. The molecule has 4 rings (SSSR count). The molecular weight excluding hydrogens is 386 g/mol. The second-order valence-corrected chi connectivity index (χ2v) is 7.26. The van der Waals surface area contributed by atoms with Crippen molar-refractivity contribution in [1.82, 2.24) is 14.6 Å². The number of hydrogen-bond donors (Lipinski definition) is 2. The van der Waals surface area contributed by atoms with Gasteiger partial charge in [0.05, 0.1) is 25.5 Å². The van der Waals surface area contributed by atoms with Crippen molar-refractivity contribution in [2.75, 3.05) is 31.7 Å². The molecule has 0 bridgehead atoms. The second kappa shape index (κ2) is 8.19. The number of aromatic nitrogens is 3. The van der Waals surface area contributed by atoms with Crippen LogP contribution in [0, 0.1) is 0 Å². The fourth-order valence-electron chi connectivity index (χ4n) is 3.91. The summed E-state index contributed by atoms with van der Waals surface area (Å²) in [6.45, 7) is 3.33. The zero-order chi connectivity index (χ0) is 21.3. The topological polar surface area (TPSA) is 115 Å². The molecule has 3 heterocycles. The summed E-state index contributed by atoms with van der Waals surface area (Å²) in [4.78, 5) is 29.9. The standard InChI is InChI=1S/C21H25N5O4/c1-3-30-21(28)15-12-26-18(20(27)23-15)17(14-8-4-5-9-16(14)29-2)19(24-26)25-10-6-7-13(22)11-25/h4-5,8-9,12-13H,3,6-7,10-11,22H2,1-2H3,(H,23,27)/t13-/m1/s1. The number of methoxy groups -OCH3 is 1. The van der Waals surface area contributed by atoms with Crippen LogP contribution in [0.25, 0.3) is 16.6 Å². The van der Waals surface area contributed by atoms with E-state index >= 15 is 0 Å². The number of hydrogen-bond acceptors (Lipinski definition) is 7. The first kappa shape index (κ1) is 20.0. The first-order valence-corrected chi connectivity index (χ1v) is 10.00. The molecule has 1 atom stereocenters. The van der Waals surface area contributed by atoms with E-state index in [0.29, 0.717) is 29.2 Å². The van der Waals surface area contributed by atoms with Gasteiger partial charge in [-0.15, -0.1) is 5.10 Å². The lowest BCUT2D eigenvalue weighted by Crippen LogP contribution is -2.43. The van der Waals surface area contributed by atoms with Crippen LogP contribution in [0.3, 0.4) is 0 Å². The number of benzene rings is 1. The van der Waals surface area contributed by atoms with Crippen molar-refractivity contribution in [2.45, 2.75) is 25.8 Å². The maximum absolute atomic E-state index is 13.1. The third-order valence-corrected chi connectivity index (χ3v) is 5.24. The molecular formula is C21H25N5O4. The van der Waals surface area contributed by atoms with E-state index in [4.69, 9.17) is 20.3 Å². The first-order chi connectivity index (χ1) is 14.5. The minimum atomic E-state index is -0.604. The van der Waals surface area contributed by atoms with Crippen LogP contribution in [0.2, 0.25) is 0 Å². The zero-order valence-corrected chi connectivity index (χ0v) is 17.1. The van der Waals surface area contributed by atoms with E-state index in [1.807, 2.05) is 24.3 Å². The molecule has 0 spiro atoms. The summed E-state index contributed by atoms with van der Waals surface area (Å²) in [7, 11) is 1.59. The number of ether oxygens (including phenoxy) is 2. The summed E-state index contributed by atoms with van der Waals surface area (Å²) < 4.78 is 12.0. The first-order valence-electron chi connectivity index (χ1n) is 10.00. The molecule has 0 saturated carbocycles. The number of anilines is 1. The van der Waals surface area contributed by atoms with Gasteiger partial charge in [-0.25, -0.2) is 9.31 Å². The number of fused-ring (bicyclic) bond motifs is 1. The molecule has 1 fully saturated rings. The summed E-state index contributed by atoms with van der Waals surface area (Å²) in [6, 6.07) is 7.51. The third kappa shape index (κ3) is 3.52. The van der Waals surface area contributed by atoms with Crippen LogP contribution in [0.4, 0.5) is 5.82 Å². The largest absolute Gasteiger partial charge is 0.496 e. The molecule has 9 heteroatoms. The van der Waals surface area contributed by atoms with Gasteiger partial charge in [-0.1, -0.05) is 18.2 Å². The van der Waals surface area contributed by atoms with Crippen molar-refractivity contribution in [3.05, 3.63) is 46.5 Å². The Morgan fingerprint density at radius 2 is 2.17 bits per heavy atom. The highest BCUT2D eigenvalue weighted by molar-refractivity contribution is 5.93. The van der Waals surface area contributed by atoms with Crippen LogP contribution in [-0.2, 0) is 4.74 Å². The molecule has 1 aliphatic rings. The number of piperidine rings is 1. The highest BCUT2D eigenvalue weighted by Crippen LogP contribution is 2.39. The SMILES string of the molecule is CCOC(=O)c1cn2nc(N3CCC[C@@H](N)C3)c(-c3ccccc3OC)c2c(=O)[nH]1. The van der Waals surface area contributed by atoms with Gasteiger partial charge in [0.1, 0.15) is 17.0 Å². The van der Waals surface area contributed by atoms with E-state index in [0.717, 1.165) is 24.9 Å². The maximum Gasteiger partial charge on any atom is 0.356 e. The molecule has 0 radical (unpaired) electrons. The molecule has 1 aromatic carbocycles. The molecule has 30 heavy (non-hydrogen) atoms. The number of nitrogens with zero attached hydrogens (tertiary/aromatic N) is 3. The molecule has 2 aromatic heterocycles. The van der Waals surface area contributed by atoms with Gasteiger partial charge in [0, 0.05) is 24.7 Å². The number of esters is 1. The van der Waals surface area contributed by atoms with Crippen molar-refractivity contribution in [3.8, 4) is 16.9 Å². The number of para-hydroxylation sites is 1. The van der Waals surface area contributed by atoms with Gasteiger partial charge in [0.25, 0.3) is 5.56 Å². The lowest BCUT2D eigenvalue weighted by Gasteiger charge is -2.31. The molecule has 3 aromatic rings. The highest BCUT2D eigenvalue weighted by atomic mass is 16.5. The summed E-state index contributed by atoms with van der Waals surface area (Å²) in [5, 5.41) is 4.69. The monoisotopic (exact) mass is 411 g/mol. The fourth-order valence-corrected chi connectivity index (χ4v) is 3.91. The second-order valence-electron chi connectivity index (χ2n) is 7.26. The number of aromatic amines is 1. The van der Waals surface area contributed by atoms with Gasteiger partial charge >= 0.3 is 5.97 Å². The van der Waals surface area contributed by atoms with Crippen LogP contribution >= 0.6 is 0 Å². The van der Waals surface area contributed by atoms with Crippen LogP contribution in [-0.4, -0.2) is 53.4 Å². The number of rotatable bonds is 5. The number of nitrogens with one attached hydrogen (secondary N) is 1. The van der Waals surface area contributed by atoms with E-state index in [-0.39, 0.29) is 18.3 Å². The van der Waals surface area contributed by atoms with Crippen molar-refractivity contribution < 1.29 is 14.3 Å². The Bertz CT molecular complexity index is 1140. The summed E-state index contributed by atoms with van der Waals surface area (Å²) in [5.74, 6) is 0.664. The van der Waals surface area contributed by atoms with Crippen LogP contribution < -0.4 is 20.9 Å². The van der Waals surface area contributed by atoms with Crippen LogP contribution in [0.1, 0.15) is 30.3 Å². The zero-order valence-electron chi connectivity index (χ0n) is 17.1. The molecule has 1 saturated heterocycles. The maximum atomic E-state index is 13.1. The van der Waals surface area contributed by atoms with Gasteiger partial charge in [-0.05, 0) is 25.8 Å². The number of carbonyl (C=O) groups is 1. The van der Waals surface area contributed by atoms with Gasteiger partial charge in [-0.2, -0.15) is 0 Å². The highest BCUT2D eigenvalue weighted by Gasteiger charge is 2.28. The molecule has 0 aliphatic carbocycles. The van der Waals surface area contributed by atoms with Gasteiger partial charge < -0.3 is 25.1 Å². The molecule has 3 N–H and O–H groups in total. The molecule has 0 amide bonds. The minimum Gasteiger partial charge on any atom is -0.496 e.